The van der Waals surface area contributed by atoms with E-state index in [-0.39, 0.29) is 220 Å². The molecule has 0 aromatic heterocycles. The third-order valence-electron chi connectivity index (χ3n) is 7.70. The molecule has 0 aromatic rings. The summed E-state index contributed by atoms with van der Waals surface area (Å²) in [5, 5.41) is 0. The van der Waals surface area contributed by atoms with Gasteiger partial charge in [-0.05, 0) is 6.42 Å². The van der Waals surface area contributed by atoms with Gasteiger partial charge in [-0.15, -0.1) is 0 Å². The van der Waals surface area contributed by atoms with Crippen molar-refractivity contribution in [1.29, 1.82) is 0 Å². The van der Waals surface area contributed by atoms with E-state index < -0.39 is 153 Å². The summed E-state index contributed by atoms with van der Waals surface area (Å²) in [7, 11) is -42.1. The van der Waals surface area contributed by atoms with E-state index in [1.54, 1.807) is 0 Å². The van der Waals surface area contributed by atoms with Crippen molar-refractivity contribution in [2.75, 3.05) is 19.8 Å². The summed E-state index contributed by atoms with van der Waals surface area (Å²) in [5.74, 6) is -5.16. The summed E-state index contributed by atoms with van der Waals surface area (Å²) in [4.78, 5) is 12.7. The van der Waals surface area contributed by atoms with E-state index in [1.807, 2.05) is 6.92 Å². The molecule has 7 N–H and O–H groups in total. The first-order valence-corrected chi connectivity index (χ1v) is 26.2. The average Bonchev–Trinajstić information content (AvgIpc) is 3.31. The molecule has 0 saturated carbocycles. The van der Waals surface area contributed by atoms with E-state index in [0.29, 0.717) is 12.8 Å². The maximum atomic E-state index is 12.7. The van der Waals surface area contributed by atoms with Gasteiger partial charge in [-0.2, -0.15) is 58.9 Å². The molecule has 2 fully saturated rings. The molecule has 9 atom stereocenters. The van der Waals surface area contributed by atoms with Crippen molar-refractivity contribution >= 4 is 286 Å². The van der Waals surface area contributed by atoms with Crippen LogP contribution in [0.3, 0.4) is 0 Å². The summed E-state index contributed by atoms with van der Waals surface area (Å²) >= 11 is 0. The van der Waals surface area contributed by atoms with E-state index in [4.69, 9.17) is 23.5 Å². The number of carbonyl (C=O) groups is 1. The van der Waals surface area contributed by atoms with Crippen molar-refractivity contribution in [3.8, 4) is 0 Å². The maximum Gasteiger partial charge on any atom is 0.397 e. The van der Waals surface area contributed by atoms with Crippen molar-refractivity contribution in [2.24, 2.45) is 0 Å². The van der Waals surface area contributed by atoms with Gasteiger partial charge in [0.2, 0.25) is 5.79 Å². The Kier molecular flexibility index (Phi) is 45.6. The SMILES string of the molecule is CCCCCCCCCC(=O)OC[C@H]1O[C@H](O[C@]2(COS(=O)(=O)O)O[C@H](COS(=O)(=O)O)[C@@H](OS(=O)(=O)O)[C@@H]2OS(=O)(=O)O)[C@H](OS(=O)(=O)O)[C@@H](OS(=O)(=O)O)[C@@H]1OS(=O)(=O)O.[Na].[Na].[Na].[Na].[Na].[Na].[Na]. The largest absolute Gasteiger partial charge is 0.463 e. The monoisotopic (exact) mass is 1220 g/mol. The topological polar surface area (TPSA) is 499 Å². The van der Waals surface area contributed by atoms with Gasteiger partial charge < -0.3 is 18.9 Å². The minimum absolute atomic E-state index is 0. The Bertz CT molecular complexity index is 2330. The van der Waals surface area contributed by atoms with E-state index in [9.17, 15) is 91.0 Å². The van der Waals surface area contributed by atoms with Crippen LogP contribution < -0.4 is 0 Å². The Hall–Kier alpha value is 5.44. The second-order valence-electron chi connectivity index (χ2n) is 12.5. The van der Waals surface area contributed by atoms with Crippen molar-refractivity contribution in [2.45, 2.75) is 113 Å². The van der Waals surface area contributed by atoms with Gasteiger partial charge in [0, 0.05) is 213 Å². The second-order valence-corrected chi connectivity index (χ2v) is 19.9. The number of ether oxygens (including phenoxy) is 4. The molecule has 0 bridgehead atoms. The predicted molar refractivity (Wildman–Crippen MR) is 228 cm³/mol. The van der Waals surface area contributed by atoms with Crippen molar-refractivity contribution in [3.05, 3.63) is 0 Å². The molecule has 0 spiro atoms. The van der Waals surface area contributed by atoms with Crippen molar-refractivity contribution < 1.29 is 144 Å². The van der Waals surface area contributed by atoms with Crippen LogP contribution in [-0.2, 0) is 126 Å². The van der Waals surface area contributed by atoms with Crippen LogP contribution in [0, 0.1) is 0 Å². The van der Waals surface area contributed by atoms with E-state index in [1.165, 1.54) is 0 Å². The summed E-state index contributed by atoms with van der Waals surface area (Å²) in [5.41, 5.74) is 0. The molecule has 69 heavy (non-hydrogen) atoms. The Labute approximate surface area is 553 Å². The van der Waals surface area contributed by atoms with Crippen LogP contribution in [0.5, 0.6) is 0 Å². The first kappa shape index (κ1) is 85.7. The molecule has 0 aromatic carbocycles. The molecule has 47 heteroatoms. The molecule has 7 radical (unpaired) electrons. The van der Waals surface area contributed by atoms with Crippen LogP contribution in [0.4, 0.5) is 0 Å². The Morgan fingerprint density at radius 1 is 0.478 bits per heavy atom. The van der Waals surface area contributed by atoms with E-state index >= 15 is 0 Å². The minimum Gasteiger partial charge on any atom is -0.463 e. The van der Waals surface area contributed by atoms with Crippen LogP contribution in [0.15, 0.2) is 0 Å². The minimum atomic E-state index is -6.19. The first-order valence-electron chi connectivity index (χ1n) is 16.6. The maximum absolute atomic E-state index is 12.7. The number of hydrogen-bond acceptors (Lipinski definition) is 26. The average molecular weight is 1220 g/mol. The zero-order valence-electron chi connectivity index (χ0n) is 38.0. The molecular weight excluding hydrogens is 1180 g/mol. The zero-order valence-corrected chi connectivity index (χ0v) is 57.7. The molecule has 0 unspecified atom stereocenters. The number of rotatable bonds is 28. The summed E-state index contributed by atoms with van der Waals surface area (Å²) < 4.78 is 282. The van der Waals surface area contributed by atoms with E-state index in [2.05, 4.69) is 29.3 Å². The summed E-state index contributed by atoms with van der Waals surface area (Å²) in [6.07, 6.45) is -20.3. The first-order chi connectivity index (χ1) is 27.9. The fourth-order valence-electron chi connectivity index (χ4n) is 5.56. The quantitative estimate of drug-likeness (QED) is 0.0166. The van der Waals surface area contributed by atoms with Gasteiger partial charge in [-0.25, -0.2) is 29.3 Å². The normalized spacial score (nSPS) is 25.3. The predicted octanol–water partition coefficient (Wildman–Crippen LogP) is -5.58. The molecule has 0 aliphatic carbocycles. The van der Waals surface area contributed by atoms with Crippen LogP contribution >= 0.6 is 0 Å². The van der Waals surface area contributed by atoms with Gasteiger partial charge >= 0.3 is 78.8 Å². The molecule has 2 aliphatic rings. The summed E-state index contributed by atoms with van der Waals surface area (Å²) in [6.45, 7) is -3.59. The number of carbonyl (C=O) groups excluding carboxylic acids is 1. The van der Waals surface area contributed by atoms with Crippen LogP contribution in [0.1, 0.15) is 58.3 Å². The van der Waals surface area contributed by atoms with Gasteiger partial charge in [0.25, 0.3) is 0 Å². The third-order valence-corrected chi connectivity index (χ3v) is 10.9. The molecule has 0 amide bonds. The molecule has 2 aliphatic heterocycles. The van der Waals surface area contributed by atoms with Gasteiger partial charge in [0.1, 0.15) is 43.7 Å². The van der Waals surface area contributed by atoms with Crippen LogP contribution in [-0.4, -0.2) is 378 Å². The standard InChI is InChI=1S/C22H40O33S7.7Na/c1-2-3-4-5-6-7-8-9-15(23)45-10-13-16(51-58(30,31)32)18(53-60(36,37)38)19(54-61(39,40)41)21(48-13)50-22(12-47-57(27,28)29)20(55-62(42,43)44)17(52-59(33,34)35)14(49-22)11-46-56(24,25)26;;;;;;;/h13-14,16-21H,2-12H2,1H3,(H,24,25,26)(H,27,28,29)(H,30,31,32)(H,33,34,35)(H,36,37,38)(H,39,40,41)(H,42,43,44);;;;;;;/t13-,14-,16-,17-,18+,19-,20+,21-,22+;;;;;;;/m1......./s1. The Morgan fingerprint density at radius 2 is 0.884 bits per heavy atom. The van der Waals surface area contributed by atoms with Gasteiger partial charge in [-0.1, -0.05) is 45.4 Å². The van der Waals surface area contributed by atoms with Crippen molar-refractivity contribution in [1.82, 2.24) is 0 Å². The fraction of sp³-hybridized carbons (Fsp3) is 0.955. The smallest absolute Gasteiger partial charge is 0.397 e. The molecule has 2 heterocycles. The Balaban J connectivity index is -0.00000142. The number of unbranched alkanes of at least 4 members (excludes halogenated alkanes) is 6. The van der Waals surface area contributed by atoms with Gasteiger partial charge in [0.05, 0.1) is 6.61 Å². The zero-order chi connectivity index (χ0) is 47.8. The second kappa shape index (κ2) is 36.7. The van der Waals surface area contributed by atoms with Crippen LogP contribution in [0.2, 0.25) is 0 Å². The molecule has 375 valence electrons. The molecular formula is C22H40Na7O33S7. The summed E-state index contributed by atoms with van der Waals surface area (Å²) in [6, 6.07) is 0. The third kappa shape index (κ3) is 36.4. The van der Waals surface area contributed by atoms with E-state index in [0.717, 1.165) is 25.7 Å². The number of hydrogen-bond donors (Lipinski definition) is 7. The van der Waals surface area contributed by atoms with Gasteiger partial charge in [0.15, 0.2) is 18.5 Å². The molecule has 2 saturated heterocycles. The van der Waals surface area contributed by atoms with Gasteiger partial charge in [-0.3, -0.25) is 36.7 Å². The number of esters is 1. The fourth-order valence-corrected chi connectivity index (χ4v) is 8.70. The van der Waals surface area contributed by atoms with Crippen LogP contribution in [0.25, 0.3) is 0 Å². The molecule has 2 rings (SSSR count). The Morgan fingerprint density at radius 3 is 1.32 bits per heavy atom. The van der Waals surface area contributed by atoms with Crippen molar-refractivity contribution in [3.63, 3.8) is 0 Å². The molecule has 33 nitrogen and oxygen atoms in total.